The molecule has 0 spiro atoms. The van der Waals surface area contributed by atoms with E-state index in [0.717, 1.165) is 4.90 Å². The smallest absolute Gasteiger partial charge is 0.326 e. The maximum atomic E-state index is 11.7. The molecule has 1 fully saturated rings. The highest BCUT2D eigenvalue weighted by molar-refractivity contribution is 5.89. The predicted octanol–water partition coefficient (Wildman–Crippen LogP) is -1.60. The van der Waals surface area contributed by atoms with Gasteiger partial charge in [-0.1, -0.05) is 0 Å². The zero-order chi connectivity index (χ0) is 14.6. The lowest BCUT2D eigenvalue weighted by molar-refractivity contribution is -0.145. The van der Waals surface area contributed by atoms with E-state index in [1.165, 1.54) is 4.90 Å². The Balaban J connectivity index is 2.59. The zero-order valence-corrected chi connectivity index (χ0v) is 10.3. The topological polar surface area (TPSA) is 127 Å². The summed E-state index contributed by atoms with van der Waals surface area (Å²) in [4.78, 5) is 47.0. The monoisotopic (exact) mass is 273 g/mol. The zero-order valence-electron chi connectivity index (χ0n) is 10.3. The van der Waals surface area contributed by atoms with Crippen LogP contribution >= 0.6 is 0 Å². The molecule has 1 aliphatic rings. The molecule has 1 heterocycles. The standard InChI is InChI=1S/C10H15N3O6/c1-12-2-3-13(5-7(12)14)10(19)11-6(9(17)18)4-8(15)16/h6H,2-5H2,1H3,(H,11,19)(H,15,16)(H,17,18). The molecule has 19 heavy (non-hydrogen) atoms. The fourth-order valence-corrected chi connectivity index (χ4v) is 1.55. The van der Waals surface area contributed by atoms with E-state index >= 15 is 0 Å². The number of amides is 3. The quantitative estimate of drug-likeness (QED) is 0.566. The van der Waals surface area contributed by atoms with E-state index in [0.29, 0.717) is 6.54 Å². The first kappa shape index (κ1) is 14.7. The van der Waals surface area contributed by atoms with Crippen LogP contribution in [0.5, 0.6) is 0 Å². The second kappa shape index (κ2) is 6.03. The van der Waals surface area contributed by atoms with Gasteiger partial charge in [0.2, 0.25) is 5.91 Å². The number of rotatable bonds is 4. The molecule has 1 saturated heterocycles. The van der Waals surface area contributed by atoms with Crippen molar-refractivity contribution in [3.8, 4) is 0 Å². The number of hydrogen-bond acceptors (Lipinski definition) is 4. The van der Waals surface area contributed by atoms with Gasteiger partial charge in [0.1, 0.15) is 12.6 Å². The first-order valence-corrected chi connectivity index (χ1v) is 5.55. The first-order chi connectivity index (χ1) is 8.81. The number of aliphatic carboxylic acids is 2. The van der Waals surface area contributed by atoms with Gasteiger partial charge in [0.05, 0.1) is 6.42 Å². The van der Waals surface area contributed by atoms with Crippen molar-refractivity contribution in [1.82, 2.24) is 15.1 Å². The largest absolute Gasteiger partial charge is 0.481 e. The minimum Gasteiger partial charge on any atom is -0.481 e. The molecule has 1 rings (SSSR count). The number of likely N-dealkylation sites (N-methyl/N-ethyl adjacent to an activating group) is 1. The van der Waals surface area contributed by atoms with Gasteiger partial charge >= 0.3 is 18.0 Å². The number of carbonyl (C=O) groups is 4. The van der Waals surface area contributed by atoms with Crippen LogP contribution in [0, 0.1) is 0 Å². The third-order valence-corrected chi connectivity index (χ3v) is 2.72. The Hall–Kier alpha value is -2.32. The van der Waals surface area contributed by atoms with Crippen LogP contribution in [0.3, 0.4) is 0 Å². The maximum Gasteiger partial charge on any atom is 0.326 e. The van der Waals surface area contributed by atoms with Gasteiger partial charge in [-0.3, -0.25) is 9.59 Å². The van der Waals surface area contributed by atoms with Crippen molar-refractivity contribution in [2.24, 2.45) is 0 Å². The van der Waals surface area contributed by atoms with Gasteiger partial charge in [-0.25, -0.2) is 9.59 Å². The predicted molar refractivity (Wildman–Crippen MR) is 61.4 cm³/mol. The highest BCUT2D eigenvalue weighted by atomic mass is 16.4. The number of piperazine rings is 1. The van der Waals surface area contributed by atoms with Crippen molar-refractivity contribution in [3.63, 3.8) is 0 Å². The van der Waals surface area contributed by atoms with Gasteiger partial charge in [-0.05, 0) is 0 Å². The Morgan fingerprint density at radius 2 is 1.95 bits per heavy atom. The molecular formula is C10H15N3O6. The first-order valence-electron chi connectivity index (χ1n) is 5.55. The van der Waals surface area contributed by atoms with E-state index in [-0.39, 0.29) is 19.0 Å². The molecule has 9 heteroatoms. The summed E-state index contributed by atoms with van der Waals surface area (Å²) in [6, 6.07) is -2.27. The lowest BCUT2D eigenvalue weighted by atomic mass is 10.2. The molecular weight excluding hydrogens is 258 g/mol. The van der Waals surface area contributed by atoms with Crippen LogP contribution in [0.25, 0.3) is 0 Å². The molecule has 9 nitrogen and oxygen atoms in total. The van der Waals surface area contributed by atoms with Crippen molar-refractivity contribution < 1.29 is 29.4 Å². The van der Waals surface area contributed by atoms with Crippen molar-refractivity contribution in [1.29, 1.82) is 0 Å². The summed E-state index contributed by atoms with van der Waals surface area (Å²) in [6.45, 7) is 0.470. The van der Waals surface area contributed by atoms with Crippen molar-refractivity contribution in [3.05, 3.63) is 0 Å². The Morgan fingerprint density at radius 1 is 1.32 bits per heavy atom. The molecule has 106 valence electrons. The van der Waals surface area contributed by atoms with E-state index in [9.17, 15) is 19.2 Å². The summed E-state index contributed by atoms with van der Waals surface area (Å²) in [6.07, 6.45) is -0.719. The third kappa shape index (κ3) is 4.12. The van der Waals surface area contributed by atoms with Crippen LogP contribution in [0.4, 0.5) is 4.79 Å². The number of nitrogens with zero attached hydrogens (tertiary/aromatic N) is 2. The molecule has 0 radical (unpaired) electrons. The average molecular weight is 273 g/mol. The average Bonchev–Trinajstić information content (AvgIpc) is 2.31. The SMILES string of the molecule is CN1CCN(C(=O)NC(CC(=O)O)C(=O)O)CC1=O. The normalized spacial score (nSPS) is 17.0. The Labute approximate surface area is 108 Å². The van der Waals surface area contributed by atoms with E-state index in [1.807, 2.05) is 0 Å². The second-order valence-electron chi connectivity index (χ2n) is 4.18. The van der Waals surface area contributed by atoms with Gasteiger partial charge < -0.3 is 25.3 Å². The van der Waals surface area contributed by atoms with E-state index in [4.69, 9.17) is 10.2 Å². The Morgan fingerprint density at radius 3 is 2.42 bits per heavy atom. The van der Waals surface area contributed by atoms with Crippen molar-refractivity contribution in [2.45, 2.75) is 12.5 Å². The molecule has 0 aromatic rings. The number of carboxylic acids is 2. The molecule has 0 aromatic carbocycles. The lowest BCUT2D eigenvalue weighted by Gasteiger charge is -2.32. The summed E-state index contributed by atoms with van der Waals surface area (Å²) < 4.78 is 0. The van der Waals surface area contributed by atoms with E-state index < -0.39 is 30.4 Å². The van der Waals surface area contributed by atoms with Gasteiger partial charge in [-0.2, -0.15) is 0 Å². The van der Waals surface area contributed by atoms with Crippen LogP contribution in [0.1, 0.15) is 6.42 Å². The number of urea groups is 1. The second-order valence-corrected chi connectivity index (χ2v) is 4.18. The van der Waals surface area contributed by atoms with Crippen LogP contribution in [0.15, 0.2) is 0 Å². The highest BCUT2D eigenvalue weighted by Gasteiger charge is 2.29. The van der Waals surface area contributed by atoms with Crippen LogP contribution in [0.2, 0.25) is 0 Å². The van der Waals surface area contributed by atoms with Crippen LogP contribution in [-0.2, 0) is 14.4 Å². The fraction of sp³-hybridized carbons (Fsp3) is 0.600. The summed E-state index contributed by atoms with van der Waals surface area (Å²) >= 11 is 0. The molecule has 0 aliphatic carbocycles. The summed E-state index contributed by atoms with van der Waals surface area (Å²) in [5, 5.41) is 19.4. The molecule has 0 bridgehead atoms. The minimum absolute atomic E-state index is 0.151. The van der Waals surface area contributed by atoms with Crippen molar-refractivity contribution >= 4 is 23.9 Å². The lowest BCUT2D eigenvalue weighted by Crippen LogP contribution is -2.56. The number of nitrogens with one attached hydrogen (secondary N) is 1. The minimum atomic E-state index is -1.51. The van der Waals surface area contributed by atoms with Gasteiger partial charge in [0, 0.05) is 20.1 Å². The third-order valence-electron chi connectivity index (χ3n) is 2.72. The maximum absolute atomic E-state index is 11.7. The number of carbonyl (C=O) groups excluding carboxylic acids is 2. The summed E-state index contributed by atoms with van der Waals surface area (Å²) in [5.74, 6) is -3.02. The molecule has 1 unspecified atom stereocenters. The fourth-order valence-electron chi connectivity index (χ4n) is 1.55. The molecule has 3 amide bonds. The van der Waals surface area contributed by atoms with Crippen LogP contribution in [-0.4, -0.2) is 76.6 Å². The Kier molecular flexibility index (Phi) is 4.67. The Bertz CT molecular complexity index is 410. The highest BCUT2D eigenvalue weighted by Crippen LogP contribution is 2.02. The molecule has 1 aliphatic heterocycles. The molecule has 1 atom stereocenters. The van der Waals surface area contributed by atoms with Gasteiger partial charge in [0.15, 0.2) is 0 Å². The summed E-state index contributed by atoms with van der Waals surface area (Å²) in [7, 11) is 1.60. The van der Waals surface area contributed by atoms with Gasteiger partial charge in [-0.15, -0.1) is 0 Å². The molecule has 3 N–H and O–H groups in total. The van der Waals surface area contributed by atoms with E-state index in [2.05, 4.69) is 5.32 Å². The number of carboxylic acid groups (broad SMARTS) is 2. The van der Waals surface area contributed by atoms with Crippen molar-refractivity contribution in [2.75, 3.05) is 26.7 Å². The van der Waals surface area contributed by atoms with E-state index in [1.54, 1.807) is 7.05 Å². The van der Waals surface area contributed by atoms with Gasteiger partial charge in [0.25, 0.3) is 0 Å². The molecule has 0 saturated carbocycles. The summed E-state index contributed by atoms with van der Waals surface area (Å²) in [5.41, 5.74) is 0. The van der Waals surface area contributed by atoms with Crippen LogP contribution < -0.4 is 5.32 Å². The number of hydrogen-bond donors (Lipinski definition) is 3. The molecule has 0 aromatic heterocycles.